The summed E-state index contributed by atoms with van der Waals surface area (Å²) in [6.45, 7) is 6.53. The Labute approximate surface area is 144 Å². The van der Waals surface area contributed by atoms with E-state index in [4.69, 9.17) is 0 Å². The van der Waals surface area contributed by atoms with Crippen LogP contribution in [-0.4, -0.2) is 25.2 Å². The Morgan fingerprint density at radius 2 is 1.71 bits per heavy atom. The van der Waals surface area contributed by atoms with Gasteiger partial charge >= 0.3 is 5.97 Å². The van der Waals surface area contributed by atoms with Crippen molar-refractivity contribution < 1.29 is 9.90 Å². The fourth-order valence-electron chi connectivity index (χ4n) is 2.74. The third-order valence-corrected chi connectivity index (χ3v) is 4.35. The first kappa shape index (κ1) is 18.1. The molecule has 1 N–H and O–H groups in total. The van der Waals surface area contributed by atoms with Crippen LogP contribution in [0, 0.1) is 0 Å². The van der Waals surface area contributed by atoms with E-state index in [1.165, 1.54) is 5.56 Å². The Kier molecular flexibility index (Phi) is 5.33. The van der Waals surface area contributed by atoms with E-state index >= 15 is 0 Å². The van der Waals surface area contributed by atoms with Crippen molar-refractivity contribution in [3.05, 3.63) is 65.2 Å². The largest absolute Gasteiger partial charge is 0.481 e. The third kappa shape index (κ3) is 4.38. The molecule has 0 aliphatic heterocycles. The number of carboxylic acids is 1. The van der Waals surface area contributed by atoms with Crippen LogP contribution in [0.4, 0.5) is 5.69 Å². The number of rotatable bonds is 5. The van der Waals surface area contributed by atoms with Crippen molar-refractivity contribution in [1.82, 2.24) is 0 Å². The summed E-state index contributed by atoms with van der Waals surface area (Å²) < 4.78 is 0. The van der Waals surface area contributed by atoms with Gasteiger partial charge in [-0.25, -0.2) is 0 Å². The summed E-state index contributed by atoms with van der Waals surface area (Å²) in [5, 5.41) is 9.69. The SMILES string of the molecule is CN(C)c1cccc(C(Cc2ccc(C(C)(C)C)cc2)C(=O)O)c1. The summed E-state index contributed by atoms with van der Waals surface area (Å²) in [5.41, 5.74) is 4.26. The number of hydrogen-bond donors (Lipinski definition) is 1. The minimum atomic E-state index is -0.786. The molecule has 0 aliphatic carbocycles. The van der Waals surface area contributed by atoms with Gasteiger partial charge in [-0.05, 0) is 40.7 Å². The predicted octanol–water partition coefficient (Wildman–Crippen LogP) is 4.46. The fourth-order valence-corrected chi connectivity index (χ4v) is 2.74. The highest BCUT2D eigenvalue weighted by Crippen LogP contribution is 2.27. The lowest BCUT2D eigenvalue weighted by Crippen LogP contribution is -2.16. The van der Waals surface area contributed by atoms with Crippen LogP contribution < -0.4 is 4.90 Å². The van der Waals surface area contributed by atoms with Crippen molar-refractivity contribution in [3.8, 4) is 0 Å². The summed E-state index contributed by atoms with van der Waals surface area (Å²) in [5.74, 6) is -1.32. The molecule has 0 radical (unpaired) electrons. The Bertz CT molecular complexity index is 697. The summed E-state index contributed by atoms with van der Waals surface area (Å²) in [7, 11) is 3.92. The molecule has 2 rings (SSSR count). The number of carboxylic acid groups (broad SMARTS) is 1. The van der Waals surface area contributed by atoms with Crippen molar-refractivity contribution in [1.29, 1.82) is 0 Å². The first-order chi connectivity index (χ1) is 11.2. The Morgan fingerprint density at radius 3 is 2.21 bits per heavy atom. The molecule has 0 amide bonds. The Hall–Kier alpha value is -2.29. The highest BCUT2D eigenvalue weighted by molar-refractivity contribution is 5.77. The van der Waals surface area contributed by atoms with Crippen molar-refractivity contribution in [2.24, 2.45) is 0 Å². The monoisotopic (exact) mass is 325 g/mol. The van der Waals surface area contributed by atoms with Gasteiger partial charge in [-0.2, -0.15) is 0 Å². The van der Waals surface area contributed by atoms with Crippen LogP contribution >= 0.6 is 0 Å². The van der Waals surface area contributed by atoms with E-state index in [0.29, 0.717) is 6.42 Å². The molecular weight excluding hydrogens is 298 g/mol. The van der Waals surface area contributed by atoms with Crippen LogP contribution in [0.15, 0.2) is 48.5 Å². The maximum atomic E-state index is 11.8. The van der Waals surface area contributed by atoms with E-state index in [9.17, 15) is 9.90 Å². The Morgan fingerprint density at radius 1 is 1.08 bits per heavy atom. The van der Waals surface area contributed by atoms with Crippen LogP contribution in [0.1, 0.15) is 43.4 Å². The van der Waals surface area contributed by atoms with Crippen molar-refractivity contribution in [3.63, 3.8) is 0 Å². The number of hydrogen-bond acceptors (Lipinski definition) is 2. The quantitative estimate of drug-likeness (QED) is 0.882. The number of carbonyl (C=O) groups is 1. The van der Waals surface area contributed by atoms with Crippen LogP contribution in [0.2, 0.25) is 0 Å². The summed E-state index contributed by atoms with van der Waals surface area (Å²) in [6.07, 6.45) is 0.497. The zero-order chi connectivity index (χ0) is 17.9. The number of benzene rings is 2. The van der Waals surface area contributed by atoms with Crippen LogP contribution in [0.3, 0.4) is 0 Å². The molecule has 128 valence electrons. The summed E-state index contributed by atoms with van der Waals surface area (Å²) >= 11 is 0. The second-order valence-corrected chi connectivity index (χ2v) is 7.53. The third-order valence-electron chi connectivity index (χ3n) is 4.35. The number of anilines is 1. The highest BCUT2D eigenvalue weighted by atomic mass is 16.4. The van der Waals surface area contributed by atoms with E-state index in [-0.39, 0.29) is 5.41 Å². The molecule has 2 aromatic carbocycles. The molecular formula is C21H27NO2. The molecule has 0 aliphatic rings. The van der Waals surface area contributed by atoms with Gasteiger partial charge in [0.1, 0.15) is 0 Å². The van der Waals surface area contributed by atoms with Crippen LogP contribution in [0.25, 0.3) is 0 Å². The topological polar surface area (TPSA) is 40.5 Å². The minimum absolute atomic E-state index is 0.102. The second kappa shape index (κ2) is 7.08. The fraction of sp³-hybridized carbons (Fsp3) is 0.381. The first-order valence-corrected chi connectivity index (χ1v) is 8.28. The molecule has 0 aromatic heterocycles. The average molecular weight is 325 g/mol. The predicted molar refractivity (Wildman–Crippen MR) is 100.0 cm³/mol. The molecule has 1 atom stereocenters. The highest BCUT2D eigenvalue weighted by Gasteiger charge is 2.21. The average Bonchev–Trinajstić information content (AvgIpc) is 2.52. The van der Waals surface area contributed by atoms with Gasteiger partial charge in [-0.15, -0.1) is 0 Å². The van der Waals surface area contributed by atoms with Gasteiger partial charge in [0.15, 0.2) is 0 Å². The van der Waals surface area contributed by atoms with E-state index in [1.807, 2.05) is 55.4 Å². The number of aliphatic carboxylic acids is 1. The molecule has 0 spiro atoms. The van der Waals surface area contributed by atoms with E-state index < -0.39 is 11.9 Å². The van der Waals surface area contributed by atoms with Gasteiger partial charge < -0.3 is 10.0 Å². The normalized spacial score (nSPS) is 12.7. The lowest BCUT2D eigenvalue weighted by atomic mass is 9.85. The molecule has 0 heterocycles. The molecule has 0 bridgehead atoms. The lowest BCUT2D eigenvalue weighted by Gasteiger charge is -2.20. The smallest absolute Gasteiger partial charge is 0.311 e. The van der Waals surface area contributed by atoms with Gasteiger partial charge in [-0.3, -0.25) is 4.79 Å². The van der Waals surface area contributed by atoms with E-state index in [1.54, 1.807) is 0 Å². The second-order valence-electron chi connectivity index (χ2n) is 7.53. The van der Waals surface area contributed by atoms with E-state index in [0.717, 1.165) is 16.8 Å². The number of nitrogens with zero attached hydrogens (tertiary/aromatic N) is 1. The van der Waals surface area contributed by atoms with E-state index in [2.05, 4.69) is 32.9 Å². The van der Waals surface area contributed by atoms with Crippen LogP contribution in [0.5, 0.6) is 0 Å². The van der Waals surface area contributed by atoms with Gasteiger partial charge in [-0.1, -0.05) is 57.2 Å². The van der Waals surface area contributed by atoms with Gasteiger partial charge in [0.05, 0.1) is 5.92 Å². The molecule has 1 unspecified atom stereocenters. The maximum Gasteiger partial charge on any atom is 0.311 e. The van der Waals surface area contributed by atoms with Crippen molar-refractivity contribution in [2.75, 3.05) is 19.0 Å². The van der Waals surface area contributed by atoms with Crippen LogP contribution in [-0.2, 0) is 16.6 Å². The molecule has 24 heavy (non-hydrogen) atoms. The summed E-state index contributed by atoms with van der Waals surface area (Å²) in [6, 6.07) is 16.1. The molecule has 0 saturated heterocycles. The molecule has 3 heteroatoms. The van der Waals surface area contributed by atoms with Gasteiger partial charge in [0.2, 0.25) is 0 Å². The molecule has 0 fully saturated rings. The molecule has 0 saturated carbocycles. The molecule has 3 nitrogen and oxygen atoms in total. The maximum absolute atomic E-state index is 11.8. The van der Waals surface area contributed by atoms with Gasteiger partial charge in [0.25, 0.3) is 0 Å². The minimum Gasteiger partial charge on any atom is -0.481 e. The zero-order valence-electron chi connectivity index (χ0n) is 15.2. The summed E-state index contributed by atoms with van der Waals surface area (Å²) in [4.78, 5) is 13.8. The lowest BCUT2D eigenvalue weighted by molar-refractivity contribution is -0.138. The zero-order valence-corrected chi connectivity index (χ0v) is 15.2. The standard InChI is InChI=1S/C21H27NO2/c1-21(2,3)17-11-9-15(10-12-17)13-19(20(23)24)16-7-6-8-18(14-16)22(4)5/h6-12,14,19H,13H2,1-5H3,(H,23,24). The van der Waals surface area contributed by atoms with Crippen molar-refractivity contribution in [2.45, 2.75) is 38.5 Å². The van der Waals surface area contributed by atoms with Crippen molar-refractivity contribution >= 4 is 11.7 Å². The Balaban J connectivity index is 2.26. The first-order valence-electron chi connectivity index (χ1n) is 8.28. The molecule has 2 aromatic rings. The van der Waals surface area contributed by atoms with Gasteiger partial charge in [0, 0.05) is 19.8 Å².